The Bertz CT molecular complexity index is 354. The van der Waals surface area contributed by atoms with E-state index < -0.39 is 10.0 Å². The van der Waals surface area contributed by atoms with Crippen LogP contribution in [-0.4, -0.2) is 45.5 Å². The summed E-state index contributed by atoms with van der Waals surface area (Å²) in [5.74, 6) is 0.221. The van der Waals surface area contributed by atoms with Gasteiger partial charge in [0, 0.05) is 18.7 Å². The van der Waals surface area contributed by atoms with Gasteiger partial charge in [-0.1, -0.05) is 0 Å². The van der Waals surface area contributed by atoms with Crippen LogP contribution in [0.15, 0.2) is 0 Å². The Balaban J connectivity index is 1.65. The van der Waals surface area contributed by atoms with Gasteiger partial charge in [0.05, 0.1) is 11.9 Å². The van der Waals surface area contributed by atoms with Crippen LogP contribution in [0.1, 0.15) is 39.0 Å². The van der Waals surface area contributed by atoms with Crippen LogP contribution < -0.4 is 10.0 Å². The van der Waals surface area contributed by atoms with Gasteiger partial charge in [0.2, 0.25) is 10.0 Å². The Kier molecular flexibility index (Phi) is 5.00. The van der Waals surface area contributed by atoms with Crippen LogP contribution in [-0.2, 0) is 14.8 Å². The van der Waals surface area contributed by atoms with Gasteiger partial charge in [-0.15, -0.1) is 0 Å². The summed E-state index contributed by atoms with van der Waals surface area (Å²) < 4.78 is 32.0. The van der Waals surface area contributed by atoms with Crippen molar-refractivity contribution in [2.45, 2.75) is 57.2 Å². The van der Waals surface area contributed by atoms with Crippen LogP contribution in [0.25, 0.3) is 0 Å². The van der Waals surface area contributed by atoms with Crippen molar-refractivity contribution in [1.82, 2.24) is 10.0 Å². The van der Waals surface area contributed by atoms with E-state index in [4.69, 9.17) is 4.74 Å². The van der Waals surface area contributed by atoms with Crippen molar-refractivity contribution >= 4 is 10.0 Å². The summed E-state index contributed by atoms with van der Waals surface area (Å²) in [6.07, 6.45) is 4.88. The maximum Gasteiger partial charge on any atom is 0.211 e. The molecular formula is C12H24N2O3S. The van der Waals surface area contributed by atoms with Crippen LogP contribution in [0.5, 0.6) is 0 Å². The molecule has 0 amide bonds. The van der Waals surface area contributed by atoms with E-state index in [2.05, 4.69) is 10.0 Å². The summed E-state index contributed by atoms with van der Waals surface area (Å²) in [7, 11) is -3.13. The average molecular weight is 276 g/mol. The van der Waals surface area contributed by atoms with Crippen molar-refractivity contribution in [2.75, 3.05) is 18.9 Å². The zero-order valence-electron chi connectivity index (χ0n) is 11.0. The Labute approximate surface area is 110 Å². The van der Waals surface area contributed by atoms with Crippen LogP contribution >= 0.6 is 0 Å². The van der Waals surface area contributed by atoms with E-state index in [0.29, 0.717) is 19.1 Å². The molecular weight excluding hydrogens is 252 g/mol. The minimum Gasteiger partial charge on any atom is -0.378 e. The molecule has 0 aromatic heterocycles. The van der Waals surface area contributed by atoms with E-state index in [1.54, 1.807) is 0 Å². The highest BCUT2D eigenvalue weighted by molar-refractivity contribution is 7.89. The molecule has 1 saturated heterocycles. The first kappa shape index (κ1) is 14.2. The Morgan fingerprint density at radius 3 is 2.67 bits per heavy atom. The van der Waals surface area contributed by atoms with Gasteiger partial charge < -0.3 is 10.1 Å². The molecule has 2 N–H and O–H groups in total. The molecule has 6 heteroatoms. The molecule has 106 valence electrons. The van der Waals surface area contributed by atoms with Gasteiger partial charge >= 0.3 is 0 Å². The second-order valence-electron chi connectivity index (χ2n) is 5.42. The molecule has 2 rings (SSSR count). The Morgan fingerprint density at radius 1 is 1.22 bits per heavy atom. The highest BCUT2D eigenvalue weighted by Gasteiger charge is 2.24. The van der Waals surface area contributed by atoms with Crippen LogP contribution in [0.3, 0.4) is 0 Å². The molecule has 2 unspecified atom stereocenters. The van der Waals surface area contributed by atoms with E-state index >= 15 is 0 Å². The van der Waals surface area contributed by atoms with Crippen molar-refractivity contribution in [3.8, 4) is 0 Å². The van der Waals surface area contributed by atoms with Crippen molar-refractivity contribution < 1.29 is 13.2 Å². The zero-order valence-corrected chi connectivity index (χ0v) is 11.8. The molecule has 1 aliphatic carbocycles. The van der Waals surface area contributed by atoms with Gasteiger partial charge in [0.25, 0.3) is 0 Å². The number of hydrogen-bond acceptors (Lipinski definition) is 4. The Hall–Kier alpha value is -0.170. The topological polar surface area (TPSA) is 67.4 Å². The number of sulfonamides is 1. The van der Waals surface area contributed by atoms with E-state index in [9.17, 15) is 8.42 Å². The number of rotatable bonds is 7. The monoisotopic (exact) mass is 276 g/mol. The number of ether oxygens (including phenoxy) is 1. The lowest BCUT2D eigenvalue weighted by Crippen LogP contribution is -2.42. The summed E-state index contributed by atoms with van der Waals surface area (Å²) in [5, 5.41) is 3.33. The minimum atomic E-state index is -3.13. The predicted molar refractivity (Wildman–Crippen MR) is 71.0 cm³/mol. The van der Waals surface area contributed by atoms with Crippen molar-refractivity contribution in [2.24, 2.45) is 0 Å². The first-order valence-corrected chi connectivity index (χ1v) is 8.55. The molecule has 0 radical (unpaired) electrons. The fraction of sp³-hybridized carbons (Fsp3) is 1.00. The third-order valence-electron chi connectivity index (χ3n) is 3.43. The van der Waals surface area contributed by atoms with Crippen LogP contribution in [0, 0.1) is 0 Å². The third kappa shape index (κ3) is 5.22. The second kappa shape index (κ2) is 6.32. The summed E-state index contributed by atoms with van der Waals surface area (Å²) in [6.45, 7) is 3.44. The fourth-order valence-electron chi connectivity index (χ4n) is 2.27. The lowest BCUT2D eigenvalue weighted by Gasteiger charge is -2.27. The van der Waals surface area contributed by atoms with Gasteiger partial charge in [0.1, 0.15) is 0 Å². The molecule has 0 bridgehead atoms. The highest BCUT2D eigenvalue weighted by Crippen LogP contribution is 2.18. The van der Waals surface area contributed by atoms with Gasteiger partial charge in [-0.25, -0.2) is 13.1 Å². The van der Waals surface area contributed by atoms with E-state index in [1.165, 1.54) is 12.8 Å². The van der Waals surface area contributed by atoms with E-state index in [1.807, 2.05) is 6.92 Å². The summed E-state index contributed by atoms with van der Waals surface area (Å²) in [4.78, 5) is 0. The van der Waals surface area contributed by atoms with E-state index in [0.717, 1.165) is 19.4 Å². The molecule has 2 fully saturated rings. The van der Waals surface area contributed by atoms with Gasteiger partial charge in [-0.05, 0) is 45.6 Å². The number of hydrogen-bond donors (Lipinski definition) is 2. The number of nitrogens with one attached hydrogen (secondary N) is 2. The smallest absolute Gasteiger partial charge is 0.211 e. The summed E-state index contributed by atoms with van der Waals surface area (Å²) in [6, 6.07) is 0.701. The molecule has 1 saturated carbocycles. The van der Waals surface area contributed by atoms with E-state index in [-0.39, 0.29) is 17.9 Å². The summed E-state index contributed by atoms with van der Waals surface area (Å²) in [5.41, 5.74) is 0. The molecule has 2 atom stereocenters. The lowest BCUT2D eigenvalue weighted by atomic mass is 10.1. The minimum absolute atomic E-state index is 0.0511. The lowest BCUT2D eigenvalue weighted by molar-refractivity contribution is 0.0173. The van der Waals surface area contributed by atoms with Crippen LogP contribution in [0.4, 0.5) is 0 Å². The van der Waals surface area contributed by atoms with Crippen molar-refractivity contribution in [3.63, 3.8) is 0 Å². The Morgan fingerprint density at radius 2 is 2.00 bits per heavy atom. The molecule has 18 heavy (non-hydrogen) atoms. The maximum atomic E-state index is 11.9. The summed E-state index contributed by atoms with van der Waals surface area (Å²) >= 11 is 0. The highest BCUT2D eigenvalue weighted by atomic mass is 32.2. The second-order valence-corrected chi connectivity index (χ2v) is 7.29. The fourth-order valence-corrected chi connectivity index (χ4v) is 3.64. The molecule has 0 spiro atoms. The van der Waals surface area contributed by atoms with Gasteiger partial charge in [0.15, 0.2) is 0 Å². The van der Waals surface area contributed by atoms with Gasteiger partial charge in [-0.3, -0.25) is 0 Å². The van der Waals surface area contributed by atoms with Crippen molar-refractivity contribution in [1.29, 1.82) is 0 Å². The molecule has 5 nitrogen and oxygen atoms in total. The normalized spacial score (nSPS) is 29.4. The molecule has 0 aromatic rings. The molecule has 1 aliphatic heterocycles. The third-order valence-corrected chi connectivity index (χ3v) is 4.95. The van der Waals surface area contributed by atoms with Crippen molar-refractivity contribution in [3.05, 3.63) is 0 Å². The largest absolute Gasteiger partial charge is 0.378 e. The SMILES string of the molecule is CC1CC(NS(=O)(=O)CCCNC2CC2)CCO1. The molecule has 1 heterocycles. The predicted octanol–water partition coefficient (Wildman–Crippen LogP) is 0.615. The van der Waals surface area contributed by atoms with Gasteiger partial charge in [-0.2, -0.15) is 0 Å². The quantitative estimate of drug-likeness (QED) is 0.669. The zero-order chi connectivity index (χ0) is 13.0. The molecule has 0 aromatic carbocycles. The van der Waals surface area contributed by atoms with Crippen LogP contribution in [0.2, 0.25) is 0 Å². The standard InChI is InChI=1S/C12H24N2O3S/c1-10-9-12(5-7-17-10)14-18(15,16)8-2-6-13-11-3-4-11/h10-14H,2-9H2,1H3. The first-order chi connectivity index (χ1) is 8.55. The average Bonchev–Trinajstić information content (AvgIpc) is 3.07. The molecule has 2 aliphatic rings. The first-order valence-electron chi connectivity index (χ1n) is 6.90. The maximum absolute atomic E-state index is 11.9.